The maximum atomic E-state index is 5.52. The van der Waals surface area contributed by atoms with Crippen molar-refractivity contribution in [2.24, 2.45) is 4.99 Å². The van der Waals surface area contributed by atoms with Gasteiger partial charge in [-0.05, 0) is 31.9 Å². The van der Waals surface area contributed by atoms with Crippen LogP contribution in [0.5, 0.6) is 5.75 Å². The maximum absolute atomic E-state index is 5.52. The van der Waals surface area contributed by atoms with Gasteiger partial charge in [0.2, 0.25) is 0 Å². The zero-order chi connectivity index (χ0) is 19.3. The molecule has 0 saturated carbocycles. The Morgan fingerprint density at radius 2 is 2.18 bits per heavy atom. The lowest BCUT2D eigenvalue weighted by molar-refractivity contribution is 0.415. The van der Waals surface area contributed by atoms with Crippen molar-refractivity contribution in [1.29, 1.82) is 0 Å². The molecule has 2 aliphatic heterocycles. The number of ether oxygens (including phenoxy) is 1. The summed E-state index contributed by atoms with van der Waals surface area (Å²) in [4.78, 5) is 7.12. The number of rotatable bonds is 6. The number of hydrogen-bond acceptors (Lipinski definition) is 5. The molecule has 0 aliphatic carbocycles. The highest BCUT2D eigenvalue weighted by Gasteiger charge is 2.25. The molecule has 8 nitrogen and oxygen atoms in total. The molecule has 0 amide bonds. The van der Waals surface area contributed by atoms with Crippen LogP contribution in [0.25, 0.3) is 0 Å². The summed E-state index contributed by atoms with van der Waals surface area (Å²) >= 11 is 0. The van der Waals surface area contributed by atoms with Gasteiger partial charge in [0, 0.05) is 38.6 Å². The molecule has 1 unspecified atom stereocenters. The van der Waals surface area contributed by atoms with E-state index in [0.29, 0.717) is 12.6 Å². The van der Waals surface area contributed by atoms with Crippen LogP contribution in [0.15, 0.2) is 29.3 Å². The molecule has 8 heteroatoms. The standard InChI is InChI=1S/C20H29N7O/c1-3-21-20(22-13-19-25-24-18-9-6-11-27(18)19)23-15-10-12-26(14-15)16-7-4-5-8-17(16)28-2/h4-5,7-8,15H,3,6,9-14H2,1-2H3,(H2,21,22,23). The van der Waals surface area contributed by atoms with Crippen LogP contribution in [0.1, 0.15) is 31.4 Å². The van der Waals surface area contributed by atoms with Gasteiger partial charge in [0.15, 0.2) is 11.8 Å². The molecule has 150 valence electrons. The average Bonchev–Trinajstić information content (AvgIpc) is 3.44. The van der Waals surface area contributed by atoms with Gasteiger partial charge in [0.25, 0.3) is 0 Å². The van der Waals surface area contributed by atoms with Crippen molar-refractivity contribution in [3.8, 4) is 5.75 Å². The Kier molecular flexibility index (Phi) is 5.64. The highest BCUT2D eigenvalue weighted by molar-refractivity contribution is 5.80. The van der Waals surface area contributed by atoms with Crippen molar-refractivity contribution in [2.75, 3.05) is 31.6 Å². The van der Waals surface area contributed by atoms with Crippen molar-refractivity contribution in [1.82, 2.24) is 25.4 Å². The maximum Gasteiger partial charge on any atom is 0.191 e. The second kappa shape index (κ2) is 8.50. The molecule has 0 radical (unpaired) electrons. The first-order valence-corrected chi connectivity index (χ1v) is 10.1. The summed E-state index contributed by atoms with van der Waals surface area (Å²) in [6, 6.07) is 8.53. The zero-order valence-corrected chi connectivity index (χ0v) is 16.7. The fourth-order valence-electron chi connectivity index (χ4n) is 3.98. The van der Waals surface area contributed by atoms with Crippen molar-refractivity contribution >= 4 is 11.6 Å². The number of methoxy groups -OCH3 is 1. The average molecular weight is 384 g/mol. The minimum atomic E-state index is 0.340. The fraction of sp³-hybridized carbons (Fsp3) is 0.550. The van der Waals surface area contributed by atoms with Crippen LogP contribution >= 0.6 is 0 Å². The Morgan fingerprint density at radius 1 is 1.29 bits per heavy atom. The third-order valence-electron chi connectivity index (χ3n) is 5.36. The SMILES string of the molecule is CCNC(=NCc1nnc2n1CCC2)NC1CCN(c2ccccc2OC)C1. The lowest BCUT2D eigenvalue weighted by Gasteiger charge is -2.22. The second-order valence-electron chi connectivity index (χ2n) is 7.23. The van der Waals surface area contributed by atoms with Crippen molar-refractivity contribution in [2.45, 2.75) is 45.3 Å². The van der Waals surface area contributed by atoms with E-state index >= 15 is 0 Å². The van der Waals surface area contributed by atoms with E-state index in [9.17, 15) is 0 Å². The van der Waals surface area contributed by atoms with E-state index in [2.05, 4.69) is 49.4 Å². The van der Waals surface area contributed by atoms with Crippen LogP contribution in [0, 0.1) is 0 Å². The van der Waals surface area contributed by atoms with Crippen molar-refractivity contribution < 1.29 is 4.74 Å². The normalized spacial score (nSPS) is 19.0. The number of benzene rings is 1. The Balaban J connectivity index is 1.39. The number of nitrogens with one attached hydrogen (secondary N) is 2. The fourth-order valence-corrected chi connectivity index (χ4v) is 3.98. The number of fused-ring (bicyclic) bond motifs is 1. The summed E-state index contributed by atoms with van der Waals surface area (Å²) in [5, 5.41) is 15.5. The van der Waals surface area contributed by atoms with Crippen molar-refractivity contribution in [3.63, 3.8) is 0 Å². The Labute approximate surface area is 166 Å². The van der Waals surface area contributed by atoms with Crippen LogP contribution in [-0.4, -0.2) is 53.5 Å². The van der Waals surface area contributed by atoms with Gasteiger partial charge in [-0.2, -0.15) is 0 Å². The monoisotopic (exact) mass is 383 g/mol. The molecular formula is C20H29N7O. The summed E-state index contributed by atoms with van der Waals surface area (Å²) in [7, 11) is 1.72. The molecule has 28 heavy (non-hydrogen) atoms. The van der Waals surface area contributed by atoms with Crippen LogP contribution in [0.2, 0.25) is 0 Å². The van der Waals surface area contributed by atoms with E-state index in [0.717, 1.165) is 74.5 Å². The molecular weight excluding hydrogens is 354 g/mol. The van der Waals surface area contributed by atoms with Crippen LogP contribution < -0.4 is 20.3 Å². The van der Waals surface area contributed by atoms with E-state index in [4.69, 9.17) is 9.73 Å². The number of anilines is 1. The topological polar surface area (TPSA) is 79.6 Å². The lowest BCUT2D eigenvalue weighted by Crippen LogP contribution is -2.44. The van der Waals surface area contributed by atoms with E-state index in [1.54, 1.807) is 7.11 Å². The first kappa shape index (κ1) is 18.6. The van der Waals surface area contributed by atoms with Gasteiger partial charge in [-0.1, -0.05) is 12.1 Å². The van der Waals surface area contributed by atoms with Gasteiger partial charge in [-0.25, -0.2) is 4.99 Å². The molecule has 3 heterocycles. The quantitative estimate of drug-likeness (QED) is 0.582. The zero-order valence-electron chi connectivity index (χ0n) is 16.7. The number of aliphatic imine (C=N–C) groups is 1. The molecule has 1 fully saturated rings. The van der Waals surface area contributed by atoms with Crippen molar-refractivity contribution in [3.05, 3.63) is 35.9 Å². The first-order valence-electron chi connectivity index (χ1n) is 10.1. The smallest absolute Gasteiger partial charge is 0.191 e. The summed E-state index contributed by atoms with van der Waals surface area (Å²) in [6.45, 7) is 6.38. The number of para-hydroxylation sites is 2. The molecule has 2 aromatic rings. The highest BCUT2D eigenvalue weighted by Crippen LogP contribution is 2.30. The molecule has 4 rings (SSSR count). The summed E-state index contributed by atoms with van der Waals surface area (Å²) in [5.74, 6) is 3.80. The third kappa shape index (κ3) is 3.90. The van der Waals surface area contributed by atoms with E-state index in [1.807, 2.05) is 12.1 Å². The summed E-state index contributed by atoms with van der Waals surface area (Å²) < 4.78 is 7.72. The number of guanidine groups is 1. The lowest BCUT2D eigenvalue weighted by atomic mass is 10.2. The minimum Gasteiger partial charge on any atom is -0.495 e. The minimum absolute atomic E-state index is 0.340. The summed E-state index contributed by atoms with van der Waals surface area (Å²) in [5.41, 5.74) is 1.15. The Morgan fingerprint density at radius 3 is 3.04 bits per heavy atom. The molecule has 2 N–H and O–H groups in total. The van der Waals surface area contributed by atoms with Gasteiger partial charge in [-0.15, -0.1) is 10.2 Å². The predicted octanol–water partition coefficient (Wildman–Crippen LogP) is 1.57. The van der Waals surface area contributed by atoms with E-state index < -0.39 is 0 Å². The molecule has 0 bridgehead atoms. The van der Waals surface area contributed by atoms with Gasteiger partial charge in [-0.3, -0.25) is 0 Å². The van der Waals surface area contributed by atoms with E-state index in [1.165, 1.54) is 0 Å². The van der Waals surface area contributed by atoms with Gasteiger partial charge in [0.1, 0.15) is 18.1 Å². The number of aromatic nitrogens is 3. The van der Waals surface area contributed by atoms with Gasteiger partial charge >= 0.3 is 0 Å². The largest absolute Gasteiger partial charge is 0.495 e. The highest BCUT2D eigenvalue weighted by atomic mass is 16.5. The number of nitrogens with zero attached hydrogens (tertiary/aromatic N) is 5. The first-order chi connectivity index (χ1) is 13.8. The van der Waals surface area contributed by atoms with E-state index in [-0.39, 0.29) is 0 Å². The molecule has 1 saturated heterocycles. The van der Waals surface area contributed by atoms with Crippen LogP contribution in [-0.2, 0) is 19.5 Å². The molecule has 1 atom stereocenters. The van der Waals surface area contributed by atoms with Gasteiger partial charge < -0.3 is 24.8 Å². The number of aryl methyl sites for hydroxylation is 1. The Bertz CT molecular complexity index is 832. The van der Waals surface area contributed by atoms with Gasteiger partial charge in [0.05, 0.1) is 12.8 Å². The van der Waals surface area contributed by atoms with Crippen LogP contribution in [0.3, 0.4) is 0 Å². The second-order valence-corrected chi connectivity index (χ2v) is 7.23. The predicted molar refractivity (Wildman–Crippen MR) is 110 cm³/mol. The molecule has 2 aliphatic rings. The Hall–Kier alpha value is -2.77. The molecule has 1 aromatic carbocycles. The number of hydrogen-bond donors (Lipinski definition) is 2. The third-order valence-corrected chi connectivity index (χ3v) is 5.36. The molecule has 0 spiro atoms. The molecule has 1 aromatic heterocycles. The van der Waals surface area contributed by atoms with Crippen LogP contribution in [0.4, 0.5) is 5.69 Å². The summed E-state index contributed by atoms with van der Waals surface area (Å²) in [6.07, 6.45) is 3.24.